The first kappa shape index (κ1) is 20.1. The van der Waals surface area contributed by atoms with Gasteiger partial charge in [0.1, 0.15) is 0 Å². The lowest BCUT2D eigenvalue weighted by Gasteiger charge is -2.07. The fourth-order valence-electron chi connectivity index (χ4n) is 3.12. The maximum Gasteiger partial charge on any atom is 0.358 e. The molecule has 2 heterocycles. The monoisotopic (exact) mass is 415 g/mol. The average molecular weight is 415 g/mol. The van der Waals surface area contributed by atoms with Crippen molar-refractivity contribution < 1.29 is 14.3 Å². The summed E-state index contributed by atoms with van der Waals surface area (Å²) in [6.07, 6.45) is 1.66. The summed E-state index contributed by atoms with van der Waals surface area (Å²) in [5.74, 6) is -0.794. The summed E-state index contributed by atoms with van der Waals surface area (Å²) in [5.41, 5.74) is 3.56. The van der Waals surface area contributed by atoms with E-state index in [-0.39, 0.29) is 18.2 Å². The second-order valence-electron chi connectivity index (χ2n) is 6.79. The maximum atomic E-state index is 12.8. The van der Waals surface area contributed by atoms with Gasteiger partial charge >= 0.3 is 5.97 Å². The quantitative estimate of drug-likeness (QED) is 0.484. The van der Waals surface area contributed by atoms with E-state index in [2.05, 4.69) is 15.5 Å². The number of nitrogens with one attached hydrogen (secondary N) is 1. The number of ether oxygens (including phenoxy) is 1. The number of anilines is 1. The lowest BCUT2D eigenvalue weighted by Crippen LogP contribution is -2.13. The summed E-state index contributed by atoms with van der Waals surface area (Å²) in [5, 5.41) is 11.5. The lowest BCUT2D eigenvalue weighted by molar-refractivity contribution is 0.0519. The normalized spacial score (nSPS) is 10.6. The summed E-state index contributed by atoms with van der Waals surface area (Å²) in [6.45, 7) is 3.93. The van der Waals surface area contributed by atoms with Gasteiger partial charge in [0.15, 0.2) is 11.4 Å². The third kappa shape index (κ3) is 4.37. The Kier molecular flexibility index (Phi) is 5.61. The molecule has 4 aromatic rings. The molecule has 0 saturated heterocycles. The molecule has 31 heavy (non-hydrogen) atoms. The number of esters is 1. The van der Waals surface area contributed by atoms with E-state index in [1.54, 1.807) is 52.8 Å². The van der Waals surface area contributed by atoms with Crippen LogP contribution in [0.5, 0.6) is 0 Å². The van der Waals surface area contributed by atoms with E-state index < -0.39 is 5.97 Å². The number of aryl methyl sites for hydroxylation is 1. The Morgan fingerprint density at radius 1 is 0.935 bits per heavy atom. The molecule has 8 heteroatoms. The van der Waals surface area contributed by atoms with Crippen LogP contribution >= 0.6 is 0 Å². The van der Waals surface area contributed by atoms with Gasteiger partial charge in [0.05, 0.1) is 18.0 Å². The third-order valence-electron chi connectivity index (χ3n) is 4.56. The van der Waals surface area contributed by atoms with E-state index in [1.807, 2.05) is 43.3 Å². The third-order valence-corrected chi connectivity index (χ3v) is 4.56. The number of rotatable bonds is 6. The van der Waals surface area contributed by atoms with Crippen molar-refractivity contribution in [2.45, 2.75) is 13.8 Å². The fraction of sp³-hybridized carbons (Fsp3) is 0.130. The highest BCUT2D eigenvalue weighted by atomic mass is 16.5. The Morgan fingerprint density at radius 2 is 1.71 bits per heavy atom. The van der Waals surface area contributed by atoms with Crippen LogP contribution in [0.15, 0.2) is 72.9 Å². The second-order valence-corrected chi connectivity index (χ2v) is 6.79. The molecule has 0 spiro atoms. The number of hydrogen-bond donors (Lipinski definition) is 1. The van der Waals surface area contributed by atoms with Gasteiger partial charge in [-0.1, -0.05) is 24.3 Å². The summed E-state index contributed by atoms with van der Waals surface area (Å²) >= 11 is 0. The van der Waals surface area contributed by atoms with Crippen LogP contribution in [-0.4, -0.2) is 38.0 Å². The predicted octanol–water partition coefficient (Wildman–Crippen LogP) is 3.80. The van der Waals surface area contributed by atoms with Crippen LogP contribution in [0.1, 0.15) is 33.6 Å². The van der Waals surface area contributed by atoms with Crippen molar-refractivity contribution in [3.8, 4) is 11.4 Å². The number of benzene rings is 2. The van der Waals surface area contributed by atoms with Gasteiger partial charge < -0.3 is 10.1 Å². The van der Waals surface area contributed by atoms with Crippen LogP contribution in [-0.2, 0) is 4.74 Å². The number of carbonyl (C=O) groups is 2. The minimum Gasteiger partial charge on any atom is -0.461 e. The smallest absolute Gasteiger partial charge is 0.358 e. The first-order valence-corrected chi connectivity index (χ1v) is 9.82. The zero-order valence-corrected chi connectivity index (χ0v) is 17.1. The fourth-order valence-corrected chi connectivity index (χ4v) is 3.12. The number of nitrogens with zero attached hydrogens (tertiary/aromatic N) is 4. The van der Waals surface area contributed by atoms with Crippen LogP contribution in [0.4, 0.5) is 5.69 Å². The molecule has 0 fully saturated rings. The first-order valence-electron chi connectivity index (χ1n) is 9.82. The van der Waals surface area contributed by atoms with Crippen molar-refractivity contribution in [1.29, 1.82) is 0 Å². The van der Waals surface area contributed by atoms with Crippen molar-refractivity contribution in [1.82, 2.24) is 19.6 Å². The molecule has 0 radical (unpaired) electrons. The molecule has 8 nitrogen and oxygen atoms in total. The molecule has 1 N–H and O–H groups in total. The standard InChI is InChI=1S/C23H21N5O3/c1-3-31-23(30)20-12-13-27(25-20)19-11-7-8-17(15-19)24-22(29)21-14-16(2)28(26-21)18-9-5-4-6-10-18/h4-15H,3H2,1-2H3,(H,24,29). The van der Waals surface area contributed by atoms with Crippen molar-refractivity contribution in [3.05, 3.63) is 90.0 Å². The van der Waals surface area contributed by atoms with Crippen LogP contribution in [0.3, 0.4) is 0 Å². The van der Waals surface area contributed by atoms with Crippen LogP contribution in [0.2, 0.25) is 0 Å². The Labute approximate surface area is 179 Å². The number of amides is 1. The van der Waals surface area contributed by atoms with Gasteiger partial charge in [-0.25, -0.2) is 14.2 Å². The molecule has 2 aromatic heterocycles. The summed E-state index contributed by atoms with van der Waals surface area (Å²) < 4.78 is 8.25. The molecular weight excluding hydrogens is 394 g/mol. The van der Waals surface area contributed by atoms with E-state index in [0.29, 0.717) is 17.1 Å². The van der Waals surface area contributed by atoms with Gasteiger partial charge in [0.2, 0.25) is 0 Å². The number of hydrogen-bond acceptors (Lipinski definition) is 5. The second kappa shape index (κ2) is 8.66. The molecule has 4 rings (SSSR count). The Hall–Kier alpha value is -4.20. The van der Waals surface area contributed by atoms with E-state index in [1.165, 1.54) is 0 Å². The Morgan fingerprint density at radius 3 is 2.48 bits per heavy atom. The van der Waals surface area contributed by atoms with Crippen molar-refractivity contribution in [2.24, 2.45) is 0 Å². The molecule has 0 aliphatic rings. The molecule has 0 aliphatic heterocycles. The zero-order chi connectivity index (χ0) is 21.8. The maximum absolute atomic E-state index is 12.8. The molecule has 0 saturated carbocycles. The zero-order valence-electron chi connectivity index (χ0n) is 17.1. The van der Waals surface area contributed by atoms with E-state index >= 15 is 0 Å². The predicted molar refractivity (Wildman–Crippen MR) is 116 cm³/mol. The SMILES string of the molecule is CCOC(=O)c1ccn(-c2cccc(NC(=O)c3cc(C)n(-c4ccccc4)n3)c2)n1. The molecule has 1 amide bonds. The highest BCUT2D eigenvalue weighted by molar-refractivity contribution is 6.03. The van der Waals surface area contributed by atoms with Crippen LogP contribution in [0, 0.1) is 6.92 Å². The largest absolute Gasteiger partial charge is 0.461 e. The Balaban J connectivity index is 1.52. The minimum absolute atomic E-state index is 0.221. The number of para-hydroxylation sites is 1. The topological polar surface area (TPSA) is 91.0 Å². The highest BCUT2D eigenvalue weighted by Crippen LogP contribution is 2.17. The van der Waals surface area contributed by atoms with Crippen molar-refractivity contribution >= 4 is 17.6 Å². The summed E-state index contributed by atoms with van der Waals surface area (Å²) in [7, 11) is 0. The minimum atomic E-state index is -0.477. The average Bonchev–Trinajstić information content (AvgIpc) is 3.42. The number of aromatic nitrogens is 4. The van der Waals surface area contributed by atoms with E-state index in [0.717, 1.165) is 11.4 Å². The van der Waals surface area contributed by atoms with Crippen LogP contribution in [0.25, 0.3) is 11.4 Å². The molecule has 0 bridgehead atoms. The van der Waals surface area contributed by atoms with Crippen molar-refractivity contribution in [3.63, 3.8) is 0 Å². The van der Waals surface area contributed by atoms with Gasteiger partial charge in [-0.3, -0.25) is 4.79 Å². The summed E-state index contributed by atoms with van der Waals surface area (Å²) in [4.78, 5) is 24.6. The van der Waals surface area contributed by atoms with E-state index in [9.17, 15) is 9.59 Å². The Bertz CT molecular complexity index is 1230. The number of carbonyl (C=O) groups excluding carboxylic acids is 2. The van der Waals surface area contributed by atoms with Crippen LogP contribution < -0.4 is 5.32 Å². The molecule has 0 atom stereocenters. The molecule has 0 unspecified atom stereocenters. The molecular formula is C23H21N5O3. The highest BCUT2D eigenvalue weighted by Gasteiger charge is 2.15. The van der Waals surface area contributed by atoms with E-state index in [4.69, 9.17) is 4.74 Å². The first-order chi connectivity index (χ1) is 15.0. The molecule has 156 valence electrons. The van der Waals surface area contributed by atoms with Crippen molar-refractivity contribution in [2.75, 3.05) is 11.9 Å². The van der Waals surface area contributed by atoms with Gasteiger partial charge in [-0.15, -0.1) is 0 Å². The lowest BCUT2D eigenvalue weighted by atomic mass is 10.2. The molecule has 2 aromatic carbocycles. The van der Waals surface area contributed by atoms with Gasteiger partial charge in [-0.2, -0.15) is 10.2 Å². The molecule has 0 aliphatic carbocycles. The van der Waals surface area contributed by atoms with Gasteiger partial charge in [0.25, 0.3) is 5.91 Å². The van der Waals surface area contributed by atoms with Gasteiger partial charge in [-0.05, 0) is 56.3 Å². The van der Waals surface area contributed by atoms with Gasteiger partial charge in [0, 0.05) is 17.6 Å². The summed E-state index contributed by atoms with van der Waals surface area (Å²) in [6, 6.07) is 20.1.